The molecule has 1 unspecified atom stereocenters. The first-order valence-electron chi connectivity index (χ1n) is 4.75. The van der Waals surface area contributed by atoms with Gasteiger partial charge in [0.25, 0.3) is 0 Å². The summed E-state index contributed by atoms with van der Waals surface area (Å²) in [4.78, 5) is 11.6. The van der Waals surface area contributed by atoms with E-state index in [0.717, 1.165) is 17.5 Å². The predicted molar refractivity (Wildman–Crippen MR) is 57.7 cm³/mol. The zero-order valence-electron chi connectivity index (χ0n) is 8.42. The molecule has 1 aromatic rings. The lowest BCUT2D eigenvalue weighted by Crippen LogP contribution is -2.43. The van der Waals surface area contributed by atoms with Crippen molar-refractivity contribution in [1.29, 1.82) is 0 Å². The van der Waals surface area contributed by atoms with E-state index in [1.54, 1.807) is 6.07 Å². The summed E-state index contributed by atoms with van der Waals surface area (Å²) in [5.74, 6) is -0.400. The van der Waals surface area contributed by atoms with Gasteiger partial charge < -0.3 is 10.5 Å². The third-order valence-corrected chi connectivity index (χ3v) is 3.27. The Morgan fingerprint density at radius 1 is 1.60 bits per heavy atom. The quantitative estimate of drug-likeness (QED) is 0.739. The number of methoxy groups -OCH3 is 1. The molecule has 0 spiro atoms. The molecule has 15 heavy (non-hydrogen) atoms. The van der Waals surface area contributed by atoms with Gasteiger partial charge in [-0.05, 0) is 30.0 Å². The second-order valence-corrected chi connectivity index (χ2v) is 4.14. The monoisotopic (exact) mass is 225 g/mol. The highest BCUT2D eigenvalue weighted by molar-refractivity contribution is 6.31. The molecule has 0 heterocycles. The van der Waals surface area contributed by atoms with E-state index in [2.05, 4.69) is 0 Å². The summed E-state index contributed by atoms with van der Waals surface area (Å²) in [6.45, 7) is 0. The Kier molecular flexibility index (Phi) is 2.44. The summed E-state index contributed by atoms with van der Waals surface area (Å²) in [6.07, 6.45) is 1.28. The molecule has 4 heteroatoms. The smallest absolute Gasteiger partial charge is 0.330 e. The fourth-order valence-corrected chi connectivity index (χ4v) is 2.35. The van der Waals surface area contributed by atoms with Crippen molar-refractivity contribution in [3.05, 3.63) is 34.3 Å². The van der Waals surface area contributed by atoms with Crippen LogP contribution in [0.15, 0.2) is 18.2 Å². The number of fused-ring (bicyclic) bond motifs is 1. The van der Waals surface area contributed by atoms with Crippen molar-refractivity contribution in [3.63, 3.8) is 0 Å². The zero-order valence-corrected chi connectivity index (χ0v) is 9.17. The minimum atomic E-state index is -1.02. The number of esters is 1. The normalized spacial score (nSPS) is 23.7. The minimum Gasteiger partial charge on any atom is -0.467 e. The maximum atomic E-state index is 11.6. The molecule has 0 amide bonds. The summed E-state index contributed by atoms with van der Waals surface area (Å²) < 4.78 is 4.73. The fourth-order valence-electron chi connectivity index (χ4n) is 2.08. The average molecular weight is 226 g/mol. The molecule has 2 N–H and O–H groups in total. The van der Waals surface area contributed by atoms with Gasteiger partial charge in [-0.2, -0.15) is 0 Å². The van der Waals surface area contributed by atoms with Gasteiger partial charge >= 0.3 is 5.97 Å². The van der Waals surface area contributed by atoms with Crippen LogP contribution in [0, 0.1) is 0 Å². The van der Waals surface area contributed by atoms with Gasteiger partial charge in [0.15, 0.2) is 0 Å². The van der Waals surface area contributed by atoms with E-state index < -0.39 is 11.5 Å². The first-order valence-corrected chi connectivity index (χ1v) is 5.12. The maximum absolute atomic E-state index is 11.6. The molecule has 1 atom stereocenters. The SMILES string of the molecule is COC(=O)C1(N)CCc2c(Cl)cccc21. The van der Waals surface area contributed by atoms with Crippen molar-refractivity contribution in [2.24, 2.45) is 5.73 Å². The summed E-state index contributed by atoms with van der Waals surface area (Å²) in [5, 5.41) is 0.670. The highest BCUT2D eigenvalue weighted by Crippen LogP contribution is 2.38. The lowest BCUT2D eigenvalue weighted by molar-refractivity contribution is -0.147. The van der Waals surface area contributed by atoms with Crippen molar-refractivity contribution in [2.45, 2.75) is 18.4 Å². The van der Waals surface area contributed by atoms with E-state index in [1.807, 2.05) is 12.1 Å². The number of carbonyl (C=O) groups is 1. The van der Waals surface area contributed by atoms with Crippen LogP contribution in [0.4, 0.5) is 0 Å². The topological polar surface area (TPSA) is 52.3 Å². The summed E-state index contributed by atoms with van der Waals surface area (Å²) in [5.41, 5.74) is 6.80. The van der Waals surface area contributed by atoms with Crippen molar-refractivity contribution in [3.8, 4) is 0 Å². The van der Waals surface area contributed by atoms with E-state index in [1.165, 1.54) is 7.11 Å². The van der Waals surface area contributed by atoms with Crippen LogP contribution < -0.4 is 5.73 Å². The largest absolute Gasteiger partial charge is 0.467 e. The molecule has 0 saturated heterocycles. The molecule has 1 aliphatic rings. The Hall–Kier alpha value is -1.06. The van der Waals surface area contributed by atoms with Gasteiger partial charge in [0.2, 0.25) is 0 Å². The van der Waals surface area contributed by atoms with Gasteiger partial charge in [0.05, 0.1) is 7.11 Å². The number of carbonyl (C=O) groups excluding carboxylic acids is 1. The summed E-state index contributed by atoms with van der Waals surface area (Å²) >= 11 is 6.04. The molecule has 3 nitrogen and oxygen atoms in total. The number of hydrogen-bond acceptors (Lipinski definition) is 3. The molecule has 1 aliphatic carbocycles. The third-order valence-electron chi connectivity index (χ3n) is 2.92. The molecule has 0 aliphatic heterocycles. The second-order valence-electron chi connectivity index (χ2n) is 3.73. The number of halogens is 1. The minimum absolute atomic E-state index is 0.400. The molecule has 0 radical (unpaired) electrons. The van der Waals surface area contributed by atoms with E-state index in [-0.39, 0.29) is 0 Å². The van der Waals surface area contributed by atoms with Gasteiger partial charge in [-0.3, -0.25) is 0 Å². The lowest BCUT2D eigenvalue weighted by Gasteiger charge is -2.21. The zero-order chi connectivity index (χ0) is 11.1. The van der Waals surface area contributed by atoms with Gasteiger partial charge in [-0.1, -0.05) is 23.7 Å². The average Bonchev–Trinajstić information content (AvgIpc) is 2.59. The van der Waals surface area contributed by atoms with Crippen LogP contribution in [-0.4, -0.2) is 13.1 Å². The first kappa shape index (κ1) is 10.5. The number of hydrogen-bond donors (Lipinski definition) is 1. The Balaban J connectivity index is 2.53. The Bertz CT molecular complexity index is 419. The highest BCUT2D eigenvalue weighted by atomic mass is 35.5. The van der Waals surface area contributed by atoms with Crippen molar-refractivity contribution in [2.75, 3.05) is 7.11 Å². The molecule has 0 saturated carbocycles. The fraction of sp³-hybridized carbons (Fsp3) is 0.364. The Labute approximate surface area is 93.2 Å². The van der Waals surface area contributed by atoms with Crippen LogP contribution >= 0.6 is 11.6 Å². The molecule has 0 aromatic heterocycles. The summed E-state index contributed by atoms with van der Waals surface area (Å²) in [7, 11) is 1.35. The Morgan fingerprint density at radius 2 is 2.33 bits per heavy atom. The van der Waals surface area contributed by atoms with E-state index in [9.17, 15) is 4.79 Å². The molecule has 2 rings (SSSR count). The van der Waals surface area contributed by atoms with Gasteiger partial charge in [0, 0.05) is 5.02 Å². The summed E-state index contributed by atoms with van der Waals surface area (Å²) in [6, 6.07) is 5.45. The third kappa shape index (κ3) is 1.43. The first-order chi connectivity index (χ1) is 7.09. The molecule has 0 fully saturated rings. The molecule has 0 bridgehead atoms. The maximum Gasteiger partial charge on any atom is 0.330 e. The number of ether oxygens (including phenoxy) is 1. The van der Waals surface area contributed by atoms with E-state index >= 15 is 0 Å². The van der Waals surface area contributed by atoms with Crippen molar-refractivity contribution < 1.29 is 9.53 Å². The molecular weight excluding hydrogens is 214 g/mol. The molecule has 80 valence electrons. The number of benzene rings is 1. The Morgan fingerprint density at radius 3 is 3.00 bits per heavy atom. The van der Waals surface area contributed by atoms with Gasteiger partial charge in [-0.25, -0.2) is 4.79 Å². The predicted octanol–water partition coefficient (Wildman–Crippen LogP) is 1.61. The van der Waals surface area contributed by atoms with Crippen molar-refractivity contribution >= 4 is 17.6 Å². The van der Waals surface area contributed by atoms with Crippen LogP contribution in [0.25, 0.3) is 0 Å². The second kappa shape index (κ2) is 3.51. The highest BCUT2D eigenvalue weighted by Gasteiger charge is 2.43. The van der Waals surface area contributed by atoms with Crippen LogP contribution in [-0.2, 0) is 21.5 Å². The molecule has 1 aromatic carbocycles. The molecular formula is C11H12ClNO2. The standard InChI is InChI=1S/C11H12ClNO2/c1-15-10(14)11(13)6-5-7-8(11)3-2-4-9(7)12/h2-4H,5-6,13H2,1H3. The van der Waals surface area contributed by atoms with Crippen LogP contribution in [0.1, 0.15) is 17.5 Å². The van der Waals surface area contributed by atoms with Gasteiger partial charge in [-0.15, -0.1) is 0 Å². The van der Waals surface area contributed by atoms with Crippen LogP contribution in [0.2, 0.25) is 5.02 Å². The van der Waals surface area contributed by atoms with Crippen molar-refractivity contribution in [1.82, 2.24) is 0 Å². The van der Waals surface area contributed by atoms with E-state index in [0.29, 0.717) is 11.4 Å². The van der Waals surface area contributed by atoms with Crippen LogP contribution in [0.3, 0.4) is 0 Å². The lowest BCUT2D eigenvalue weighted by atomic mass is 9.93. The number of nitrogens with two attached hydrogens (primary N) is 1. The number of rotatable bonds is 1. The van der Waals surface area contributed by atoms with Gasteiger partial charge in [0.1, 0.15) is 5.54 Å². The van der Waals surface area contributed by atoms with Crippen LogP contribution in [0.5, 0.6) is 0 Å². The van der Waals surface area contributed by atoms with E-state index in [4.69, 9.17) is 22.1 Å².